The van der Waals surface area contributed by atoms with Gasteiger partial charge in [-0.3, -0.25) is 4.40 Å². The summed E-state index contributed by atoms with van der Waals surface area (Å²) in [7, 11) is 1.62. The monoisotopic (exact) mass is 274 g/mol. The maximum atomic E-state index is 9.83. The molecule has 1 aromatic carbocycles. The van der Waals surface area contributed by atoms with Gasteiger partial charge in [-0.15, -0.1) is 0 Å². The molecule has 0 spiro atoms. The predicted molar refractivity (Wildman–Crippen MR) is 73.9 cm³/mol. The van der Waals surface area contributed by atoms with Crippen molar-refractivity contribution >= 4 is 17.1 Å². The molecule has 0 radical (unpaired) electrons. The first-order chi connectivity index (χ1) is 9.20. The van der Waals surface area contributed by atoms with Gasteiger partial charge in [0, 0.05) is 11.8 Å². The Kier molecular flexibility index (Phi) is 2.80. The summed E-state index contributed by atoms with van der Waals surface area (Å²) in [5.41, 5.74) is 1.41. The second-order valence-electron chi connectivity index (χ2n) is 4.07. The molecule has 0 saturated carbocycles. The highest BCUT2D eigenvalue weighted by Gasteiger charge is 2.13. The third-order valence-electron chi connectivity index (χ3n) is 2.95. The Morgan fingerprint density at radius 3 is 2.63 bits per heavy atom. The number of nitrogens with zero attached hydrogens (tertiary/aromatic N) is 2. The second kappa shape index (κ2) is 4.48. The maximum Gasteiger partial charge on any atom is 0.159 e. The largest absolute Gasteiger partial charge is 0.506 e. The molecular weight excluding hydrogens is 264 g/mol. The minimum Gasteiger partial charge on any atom is -0.506 e. The molecule has 1 N–H and O–H groups in total. The van der Waals surface area contributed by atoms with Gasteiger partial charge >= 0.3 is 0 Å². The van der Waals surface area contributed by atoms with Gasteiger partial charge in [0.1, 0.15) is 22.8 Å². The van der Waals surface area contributed by atoms with E-state index >= 15 is 0 Å². The molecule has 0 unspecified atom stereocenters. The Balaban J connectivity index is 2.22. The number of aromatic hydroxyl groups is 1. The van der Waals surface area contributed by atoms with Gasteiger partial charge in [-0.2, -0.15) is 0 Å². The Morgan fingerprint density at radius 1 is 1.21 bits per heavy atom. The summed E-state index contributed by atoms with van der Waals surface area (Å²) >= 11 is 6.07. The normalized spacial score (nSPS) is 10.8. The van der Waals surface area contributed by atoms with E-state index < -0.39 is 0 Å². The van der Waals surface area contributed by atoms with Crippen LogP contribution >= 0.6 is 11.6 Å². The van der Waals surface area contributed by atoms with Crippen molar-refractivity contribution in [2.75, 3.05) is 7.11 Å². The lowest BCUT2D eigenvalue weighted by atomic mass is 10.2. The van der Waals surface area contributed by atoms with Gasteiger partial charge in [0.25, 0.3) is 0 Å². The Labute approximate surface area is 114 Å². The quantitative estimate of drug-likeness (QED) is 0.779. The third-order valence-corrected chi connectivity index (χ3v) is 3.21. The van der Waals surface area contributed by atoms with E-state index in [4.69, 9.17) is 16.3 Å². The van der Waals surface area contributed by atoms with E-state index in [1.165, 1.54) is 0 Å². The number of imidazole rings is 1. The van der Waals surface area contributed by atoms with Crippen LogP contribution in [-0.2, 0) is 0 Å². The summed E-state index contributed by atoms with van der Waals surface area (Å²) < 4.78 is 6.89. The topological polar surface area (TPSA) is 46.8 Å². The van der Waals surface area contributed by atoms with Crippen LogP contribution < -0.4 is 4.74 Å². The van der Waals surface area contributed by atoms with E-state index in [0.29, 0.717) is 11.3 Å². The molecular formula is C14H11ClN2O2. The lowest BCUT2D eigenvalue weighted by Gasteiger charge is -2.03. The Hall–Kier alpha value is -2.20. The Morgan fingerprint density at radius 2 is 1.95 bits per heavy atom. The van der Waals surface area contributed by atoms with Crippen molar-refractivity contribution in [1.82, 2.24) is 9.38 Å². The molecule has 2 heterocycles. The SMILES string of the molecule is COc1ccc(-c2nc(Cl)c3c(O)cccn23)cc1. The minimum absolute atomic E-state index is 0.111. The molecule has 0 saturated heterocycles. The van der Waals surface area contributed by atoms with E-state index in [1.54, 1.807) is 23.6 Å². The lowest BCUT2D eigenvalue weighted by Crippen LogP contribution is -1.89. The number of ether oxygens (including phenoxy) is 1. The number of rotatable bonds is 2. The highest BCUT2D eigenvalue weighted by atomic mass is 35.5. The number of fused-ring (bicyclic) bond motifs is 1. The van der Waals surface area contributed by atoms with Gasteiger partial charge < -0.3 is 9.84 Å². The molecule has 0 aliphatic carbocycles. The van der Waals surface area contributed by atoms with Gasteiger partial charge in [-0.1, -0.05) is 11.6 Å². The fraction of sp³-hybridized carbons (Fsp3) is 0.0714. The molecule has 0 aliphatic heterocycles. The van der Waals surface area contributed by atoms with E-state index in [0.717, 1.165) is 11.3 Å². The smallest absolute Gasteiger partial charge is 0.159 e. The highest BCUT2D eigenvalue weighted by Crippen LogP contribution is 2.31. The second-order valence-corrected chi connectivity index (χ2v) is 4.42. The Bertz CT molecular complexity index is 735. The molecule has 4 nitrogen and oxygen atoms in total. The van der Waals surface area contributed by atoms with E-state index in [-0.39, 0.29) is 10.9 Å². The number of hydrogen-bond acceptors (Lipinski definition) is 3. The number of hydrogen-bond donors (Lipinski definition) is 1. The van der Waals surface area contributed by atoms with Crippen LogP contribution in [0.1, 0.15) is 0 Å². The number of methoxy groups -OCH3 is 1. The van der Waals surface area contributed by atoms with Crippen LogP contribution in [0.3, 0.4) is 0 Å². The van der Waals surface area contributed by atoms with E-state index in [2.05, 4.69) is 4.98 Å². The number of benzene rings is 1. The van der Waals surface area contributed by atoms with Crippen LogP contribution in [0.5, 0.6) is 11.5 Å². The minimum atomic E-state index is 0.111. The number of aromatic nitrogens is 2. The lowest BCUT2D eigenvalue weighted by molar-refractivity contribution is 0.415. The zero-order valence-electron chi connectivity index (χ0n) is 10.2. The van der Waals surface area contributed by atoms with Crippen LogP contribution in [0, 0.1) is 0 Å². The van der Waals surface area contributed by atoms with Gasteiger partial charge in [0.2, 0.25) is 0 Å². The van der Waals surface area contributed by atoms with Gasteiger partial charge in [0.15, 0.2) is 5.15 Å². The van der Waals surface area contributed by atoms with Crippen molar-refractivity contribution in [3.63, 3.8) is 0 Å². The first kappa shape index (κ1) is 11.9. The van der Waals surface area contributed by atoms with E-state index in [9.17, 15) is 5.11 Å². The van der Waals surface area contributed by atoms with Crippen molar-refractivity contribution in [2.45, 2.75) is 0 Å². The van der Waals surface area contributed by atoms with Crippen LogP contribution in [0.15, 0.2) is 42.6 Å². The first-order valence-corrected chi connectivity index (χ1v) is 6.08. The maximum absolute atomic E-state index is 9.83. The van der Waals surface area contributed by atoms with Crippen LogP contribution in [0.2, 0.25) is 5.15 Å². The van der Waals surface area contributed by atoms with Crippen molar-refractivity contribution in [3.8, 4) is 22.9 Å². The molecule has 19 heavy (non-hydrogen) atoms. The van der Waals surface area contributed by atoms with Gasteiger partial charge in [-0.05, 0) is 36.4 Å². The van der Waals surface area contributed by atoms with Gasteiger partial charge in [-0.25, -0.2) is 4.98 Å². The zero-order valence-corrected chi connectivity index (χ0v) is 10.9. The van der Waals surface area contributed by atoms with Crippen molar-refractivity contribution in [2.24, 2.45) is 0 Å². The average molecular weight is 275 g/mol. The summed E-state index contributed by atoms with van der Waals surface area (Å²) in [6.45, 7) is 0. The standard InChI is InChI=1S/C14H11ClN2O2/c1-19-10-6-4-9(5-7-10)14-16-13(15)12-11(18)3-2-8-17(12)14/h2-8,18H,1H3. The number of halogens is 1. The molecule has 0 aliphatic rings. The molecule has 3 aromatic rings. The first-order valence-electron chi connectivity index (χ1n) is 5.70. The zero-order chi connectivity index (χ0) is 13.4. The van der Waals surface area contributed by atoms with Crippen LogP contribution in [0.25, 0.3) is 16.9 Å². The summed E-state index contributed by atoms with van der Waals surface area (Å²) in [5.74, 6) is 1.57. The summed E-state index contributed by atoms with van der Waals surface area (Å²) in [6, 6.07) is 10.8. The molecule has 0 amide bonds. The molecule has 0 bridgehead atoms. The third kappa shape index (κ3) is 1.90. The molecule has 96 valence electrons. The van der Waals surface area contributed by atoms with Gasteiger partial charge in [0.05, 0.1) is 7.11 Å². The number of pyridine rings is 1. The molecule has 2 aromatic heterocycles. The molecule has 0 atom stereocenters. The fourth-order valence-electron chi connectivity index (χ4n) is 2.02. The van der Waals surface area contributed by atoms with Crippen molar-refractivity contribution in [3.05, 3.63) is 47.7 Å². The van der Waals surface area contributed by atoms with Crippen molar-refractivity contribution < 1.29 is 9.84 Å². The molecule has 5 heteroatoms. The van der Waals surface area contributed by atoms with E-state index in [1.807, 2.05) is 30.5 Å². The highest BCUT2D eigenvalue weighted by molar-refractivity contribution is 6.33. The molecule has 0 fully saturated rings. The average Bonchev–Trinajstić information content (AvgIpc) is 2.78. The summed E-state index contributed by atoms with van der Waals surface area (Å²) in [6.07, 6.45) is 1.81. The van der Waals surface area contributed by atoms with Crippen LogP contribution in [-0.4, -0.2) is 21.6 Å². The summed E-state index contributed by atoms with van der Waals surface area (Å²) in [4.78, 5) is 4.30. The van der Waals surface area contributed by atoms with Crippen LogP contribution in [0.4, 0.5) is 0 Å². The summed E-state index contributed by atoms with van der Waals surface area (Å²) in [5, 5.41) is 10.1. The molecule has 3 rings (SSSR count). The van der Waals surface area contributed by atoms with Crippen molar-refractivity contribution in [1.29, 1.82) is 0 Å². The predicted octanol–water partition coefficient (Wildman–Crippen LogP) is 3.37. The fourth-order valence-corrected chi connectivity index (χ4v) is 2.29.